The van der Waals surface area contributed by atoms with Gasteiger partial charge in [-0.1, -0.05) is 38.8 Å². The van der Waals surface area contributed by atoms with Crippen molar-refractivity contribution in [1.82, 2.24) is 0 Å². The fourth-order valence-corrected chi connectivity index (χ4v) is 8.12. The highest BCUT2D eigenvalue weighted by Crippen LogP contribution is 2.69. The number of carbonyl (C=O) groups excluding carboxylic acids is 2. The van der Waals surface area contributed by atoms with Gasteiger partial charge >= 0.3 is 0 Å². The number of rotatable bonds is 4. The van der Waals surface area contributed by atoms with Crippen molar-refractivity contribution in [3.63, 3.8) is 0 Å². The van der Waals surface area contributed by atoms with Crippen molar-refractivity contribution in [3.8, 4) is 0 Å². The number of aliphatic hydroxyl groups is 2. The maximum Gasteiger partial charge on any atom is 0.193 e. The van der Waals surface area contributed by atoms with E-state index in [1.54, 1.807) is 12.2 Å². The van der Waals surface area contributed by atoms with Crippen LogP contribution in [0, 0.1) is 28.6 Å². The second-order valence-electron chi connectivity index (χ2n) is 10.7. The first-order chi connectivity index (χ1) is 14.7. The number of allylic oxidation sites excluding steroid dienone is 4. The Labute approximate surface area is 183 Å². The molecule has 0 amide bonds. The molecule has 31 heavy (non-hydrogen) atoms. The molecule has 2 N–H and O–H groups in total. The number of ketones is 2. The minimum atomic E-state index is -1.20. The van der Waals surface area contributed by atoms with Gasteiger partial charge in [-0.2, -0.15) is 0 Å². The minimum Gasteiger partial charge on any atom is -0.393 e. The summed E-state index contributed by atoms with van der Waals surface area (Å²) >= 11 is 0. The van der Waals surface area contributed by atoms with E-state index in [1.165, 1.54) is 0 Å². The lowest BCUT2D eigenvalue weighted by Crippen LogP contribution is -2.63. The molecule has 0 aromatic heterocycles. The summed E-state index contributed by atoms with van der Waals surface area (Å²) in [6.45, 7) is 5.67. The molecule has 6 heteroatoms. The molecule has 0 aromatic rings. The van der Waals surface area contributed by atoms with Crippen LogP contribution >= 0.6 is 0 Å². The Hall–Kier alpha value is -1.34. The van der Waals surface area contributed by atoms with Gasteiger partial charge in [-0.25, -0.2) is 0 Å². The molecule has 0 bridgehead atoms. The van der Waals surface area contributed by atoms with Gasteiger partial charge in [0.25, 0.3) is 0 Å². The molecule has 1 heterocycles. The van der Waals surface area contributed by atoms with Crippen LogP contribution in [0.15, 0.2) is 23.8 Å². The van der Waals surface area contributed by atoms with Crippen molar-refractivity contribution in [3.05, 3.63) is 23.8 Å². The summed E-state index contributed by atoms with van der Waals surface area (Å²) in [6.07, 6.45) is 8.31. The first kappa shape index (κ1) is 21.5. The van der Waals surface area contributed by atoms with E-state index in [0.29, 0.717) is 19.3 Å². The number of hydrogen-bond donors (Lipinski definition) is 2. The van der Waals surface area contributed by atoms with E-state index in [4.69, 9.17) is 9.47 Å². The Balaban J connectivity index is 1.55. The van der Waals surface area contributed by atoms with E-state index in [-0.39, 0.29) is 34.7 Å². The van der Waals surface area contributed by atoms with Crippen molar-refractivity contribution in [2.24, 2.45) is 28.6 Å². The Morgan fingerprint density at radius 1 is 1.32 bits per heavy atom. The molecule has 6 nitrogen and oxygen atoms in total. The van der Waals surface area contributed by atoms with Gasteiger partial charge in [-0.15, -0.1) is 0 Å². The number of hydrogen-bond acceptors (Lipinski definition) is 6. The Bertz CT molecular complexity index is 862. The number of Topliss-reactive ketones (excluding diaryl/α,β-unsaturated/α-hetero) is 1. The molecule has 5 rings (SSSR count). The number of fused-ring (bicyclic) bond motifs is 7. The summed E-state index contributed by atoms with van der Waals surface area (Å²) in [6, 6.07) is 0. The first-order valence-electron chi connectivity index (χ1n) is 11.8. The molecule has 0 radical (unpaired) electrons. The zero-order chi connectivity index (χ0) is 22.2. The molecule has 9 atom stereocenters. The maximum atomic E-state index is 13.2. The molecule has 5 aliphatic rings. The van der Waals surface area contributed by atoms with Gasteiger partial charge in [0.05, 0.1) is 12.2 Å². The molecule has 3 saturated carbocycles. The standard InChI is InChI=1S/C25H34O6/c1-4-5-21-30-20-11-17-16-7-6-14-10-15(27)8-9-23(14,2)22(16)18(28)12-24(17,3)25(20,31-21)19(29)13-26/h8-10,16-18,20-22,26,28H,4-7,11-13H2,1-3H3/t16?,17-,18?,20+,21?,22+,23-,24-,25+/m0/s1. The van der Waals surface area contributed by atoms with Gasteiger partial charge in [0.15, 0.2) is 23.5 Å². The SMILES string of the molecule is CCCC1O[C@@H]2C[C@H]3C4CCC5=CC(=O)C=C[C@]5(C)[C@H]4C(O)C[C@]3(C)[C@]2(C(=O)CO)O1. The topological polar surface area (TPSA) is 93.1 Å². The van der Waals surface area contributed by atoms with Gasteiger partial charge in [-0.3, -0.25) is 9.59 Å². The van der Waals surface area contributed by atoms with E-state index >= 15 is 0 Å². The van der Waals surface area contributed by atoms with Crippen LogP contribution in [0.4, 0.5) is 0 Å². The minimum absolute atomic E-state index is 0.0125. The van der Waals surface area contributed by atoms with Gasteiger partial charge in [0, 0.05) is 16.7 Å². The van der Waals surface area contributed by atoms with Crippen molar-refractivity contribution < 1.29 is 29.3 Å². The van der Waals surface area contributed by atoms with Crippen molar-refractivity contribution >= 4 is 11.6 Å². The number of aliphatic hydroxyl groups excluding tert-OH is 2. The average Bonchev–Trinajstić information content (AvgIpc) is 3.20. The summed E-state index contributed by atoms with van der Waals surface area (Å²) in [5.41, 5.74) is -1.05. The van der Waals surface area contributed by atoms with Crippen LogP contribution in [0.2, 0.25) is 0 Å². The second-order valence-corrected chi connectivity index (χ2v) is 10.7. The van der Waals surface area contributed by atoms with Crippen molar-refractivity contribution in [2.45, 2.75) is 83.4 Å². The summed E-state index contributed by atoms with van der Waals surface area (Å²) in [5.74, 6) is 0.0274. The van der Waals surface area contributed by atoms with E-state index < -0.39 is 36.1 Å². The molecule has 4 fully saturated rings. The lowest BCUT2D eigenvalue weighted by Gasteiger charge is -2.59. The highest BCUT2D eigenvalue weighted by molar-refractivity contribution is 6.01. The number of carbonyl (C=O) groups is 2. The quantitative estimate of drug-likeness (QED) is 0.712. The Morgan fingerprint density at radius 3 is 2.81 bits per heavy atom. The normalized spacial score (nSPS) is 50.4. The molecule has 3 unspecified atom stereocenters. The van der Waals surface area contributed by atoms with Crippen LogP contribution in [-0.2, 0) is 19.1 Å². The fraction of sp³-hybridized carbons (Fsp3) is 0.760. The van der Waals surface area contributed by atoms with Crippen LogP contribution in [-0.4, -0.2) is 52.5 Å². The van der Waals surface area contributed by atoms with E-state index in [0.717, 1.165) is 24.8 Å². The Kier molecular flexibility index (Phi) is 4.91. The zero-order valence-corrected chi connectivity index (χ0v) is 18.7. The zero-order valence-electron chi connectivity index (χ0n) is 18.7. The third-order valence-corrected chi connectivity index (χ3v) is 9.37. The predicted molar refractivity (Wildman–Crippen MR) is 113 cm³/mol. The largest absolute Gasteiger partial charge is 0.393 e. The average molecular weight is 431 g/mol. The highest BCUT2D eigenvalue weighted by atomic mass is 16.7. The van der Waals surface area contributed by atoms with Gasteiger partial charge < -0.3 is 19.7 Å². The van der Waals surface area contributed by atoms with Crippen molar-refractivity contribution in [2.75, 3.05) is 6.61 Å². The molecule has 4 aliphatic carbocycles. The first-order valence-corrected chi connectivity index (χ1v) is 11.8. The summed E-state index contributed by atoms with van der Waals surface area (Å²) < 4.78 is 12.7. The van der Waals surface area contributed by atoms with Gasteiger partial charge in [0.1, 0.15) is 6.61 Å². The van der Waals surface area contributed by atoms with Crippen LogP contribution < -0.4 is 0 Å². The van der Waals surface area contributed by atoms with Gasteiger partial charge in [0.2, 0.25) is 0 Å². The van der Waals surface area contributed by atoms with Crippen LogP contribution in [0.1, 0.15) is 59.3 Å². The lowest BCUT2D eigenvalue weighted by molar-refractivity contribution is -0.200. The predicted octanol–water partition coefficient (Wildman–Crippen LogP) is 2.72. The summed E-state index contributed by atoms with van der Waals surface area (Å²) in [5, 5.41) is 21.4. The van der Waals surface area contributed by atoms with Gasteiger partial charge in [-0.05, 0) is 56.1 Å². The fourth-order valence-electron chi connectivity index (χ4n) is 8.12. The maximum absolute atomic E-state index is 13.2. The lowest BCUT2D eigenvalue weighted by atomic mass is 9.46. The van der Waals surface area contributed by atoms with Crippen LogP contribution in [0.5, 0.6) is 0 Å². The van der Waals surface area contributed by atoms with Crippen LogP contribution in [0.25, 0.3) is 0 Å². The second kappa shape index (κ2) is 7.08. The van der Waals surface area contributed by atoms with E-state index in [1.807, 2.05) is 6.08 Å². The third-order valence-electron chi connectivity index (χ3n) is 9.37. The monoisotopic (exact) mass is 430 g/mol. The molecular weight excluding hydrogens is 396 g/mol. The molecule has 170 valence electrons. The molecule has 1 saturated heterocycles. The molecule has 0 aromatic carbocycles. The molecular formula is C25H34O6. The van der Waals surface area contributed by atoms with Crippen molar-refractivity contribution in [1.29, 1.82) is 0 Å². The highest BCUT2D eigenvalue weighted by Gasteiger charge is 2.75. The summed E-state index contributed by atoms with van der Waals surface area (Å²) in [4.78, 5) is 25.2. The van der Waals surface area contributed by atoms with E-state index in [9.17, 15) is 19.8 Å². The Morgan fingerprint density at radius 2 is 2.10 bits per heavy atom. The smallest absolute Gasteiger partial charge is 0.193 e. The number of ether oxygens (including phenoxy) is 2. The van der Waals surface area contributed by atoms with E-state index in [2.05, 4.69) is 20.8 Å². The molecule has 1 aliphatic heterocycles. The summed E-state index contributed by atoms with van der Waals surface area (Å²) in [7, 11) is 0. The molecule has 0 spiro atoms. The van der Waals surface area contributed by atoms with Crippen LogP contribution in [0.3, 0.4) is 0 Å². The third kappa shape index (κ3) is 2.65.